The van der Waals surface area contributed by atoms with Crippen LogP contribution < -0.4 is 5.32 Å². The number of benzene rings is 1. The number of rotatable bonds is 4. The van der Waals surface area contributed by atoms with Gasteiger partial charge in [-0.3, -0.25) is 4.79 Å². The molecule has 1 unspecified atom stereocenters. The number of carbonyl (C=O) groups is 1. The maximum atomic E-state index is 12.2. The van der Waals surface area contributed by atoms with Crippen LogP contribution in [-0.2, 0) is 0 Å². The molecule has 2 rings (SSSR count). The highest BCUT2D eigenvalue weighted by molar-refractivity contribution is 5.94. The zero-order chi connectivity index (χ0) is 12.3. The number of aryl methyl sites for hydroxylation is 1. The number of hydrogen-bond acceptors (Lipinski definition) is 2. The fraction of sp³-hybridized carbons (Fsp3) is 0.500. The number of likely N-dealkylation sites (tertiary alicyclic amines) is 1. The molecule has 17 heavy (non-hydrogen) atoms. The van der Waals surface area contributed by atoms with E-state index < -0.39 is 0 Å². The molecule has 1 amide bonds. The fourth-order valence-electron chi connectivity index (χ4n) is 2.18. The topological polar surface area (TPSA) is 32.3 Å². The van der Waals surface area contributed by atoms with Crippen molar-refractivity contribution in [1.29, 1.82) is 0 Å². The summed E-state index contributed by atoms with van der Waals surface area (Å²) in [6.45, 7) is 3.91. The first kappa shape index (κ1) is 12.1. The molecule has 1 aliphatic heterocycles. The lowest BCUT2D eigenvalue weighted by molar-refractivity contribution is 0.0446. The molecular weight excluding hydrogens is 212 g/mol. The van der Waals surface area contributed by atoms with Gasteiger partial charge >= 0.3 is 0 Å². The Hall–Kier alpha value is -1.35. The molecule has 0 aliphatic carbocycles. The van der Waals surface area contributed by atoms with Gasteiger partial charge in [0.2, 0.25) is 0 Å². The molecular formula is C14H20N2O. The van der Waals surface area contributed by atoms with Crippen LogP contribution in [-0.4, -0.2) is 37.0 Å². The maximum absolute atomic E-state index is 12.2. The first-order chi connectivity index (χ1) is 8.22. The molecule has 1 aromatic rings. The first-order valence-electron chi connectivity index (χ1n) is 6.24. The zero-order valence-electron chi connectivity index (χ0n) is 10.6. The molecule has 1 N–H and O–H groups in total. The Morgan fingerprint density at radius 3 is 2.65 bits per heavy atom. The highest BCUT2D eigenvalue weighted by Crippen LogP contribution is 2.22. The monoisotopic (exact) mass is 232 g/mol. The van der Waals surface area contributed by atoms with Gasteiger partial charge in [0, 0.05) is 18.2 Å². The van der Waals surface area contributed by atoms with Crippen LogP contribution in [0.4, 0.5) is 0 Å². The van der Waals surface area contributed by atoms with Crippen molar-refractivity contribution in [3.05, 3.63) is 35.4 Å². The summed E-state index contributed by atoms with van der Waals surface area (Å²) in [5.41, 5.74) is 2.00. The summed E-state index contributed by atoms with van der Waals surface area (Å²) in [6.07, 6.45) is 2.19. The lowest BCUT2D eigenvalue weighted by Crippen LogP contribution is -2.51. The smallest absolute Gasteiger partial charge is 0.254 e. The van der Waals surface area contributed by atoms with Gasteiger partial charge in [-0.2, -0.15) is 0 Å². The van der Waals surface area contributed by atoms with Crippen LogP contribution >= 0.6 is 0 Å². The summed E-state index contributed by atoms with van der Waals surface area (Å²) < 4.78 is 0. The normalized spacial score (nSPS) is 18.9. The quantitative estimate of drug-likeness (QED) is 0.859. The standard InChI is InChI=1S/C14H20N2O/c1-11-3-5-12(6-4-11)14(17)16-10-8-13(16)7-9-15-2/h3-6,13,15H,7-10H2,1-2H3. The summed E-state index contributed by atoms with van der Waals surface area (Å²) in [7, 11) is 1.95. The molecule has 0 spiro atoms. The van der Waals surface area contributed by atoms with Crippen LogP contribution in [0.5, 0.6) is 0 Å². The SMILES string of the molecule is CNCCC1CCN1C(=O)c1ccc(C)cc1. The van der Waals surface area contributed by atoms with E-state index in [2.05, 4.69) is 5.32 Å². The number of amides is 1. The van der Waals surface area contributed by atoms with Gasteiger partial charge in [0.15, 0.2) is 0 Å². The molecule has 1 aliphatic rings. The third-order valence-electron chi connectivity index (χ3n) is 3.43. The fourth-order valence-corrected chi connectivity index (χ4v) is 2.18. The Balaban J connectivity index is 1.98. The second-order valence-corrected chi connectivity index (χ2v) is 4.70. The van der Waals surface area contributed by atoms with E-state index in [1.165, 1.54) is 5.56 Å². The van der Waals surface area contributed by atoms with Gasteiger partial charge in [-0.05, 0) is 45.5 Å². The largest absolute Gasteiger partial charge is 0.335 e. The first-order valence-corrected chi connectivity index (χ1v) is 6.24. The van der Waals surface area contributed by atoms with Crippen molar-refractivity contribution >= 4 is 5.91 Å². The summed E-state index contributed by atoms with van der Waals surface area (Å²) in [5, 5.41) is 3.14. The third-order valence-corrected chi connectivity index (χ3v) is 3.43. The molecule has 0 radical (unpaired) electrons. The van der Waals surface area contributed by atoms with Crippen molar-refractivity contribution in [1.82, 2.24) is 10.2 Å². The minimum atomic E-state index is 0.178. The molecule has 0 saturated carbocycles. The lowest BCUT2D eigenvalue weighted by atomic mass is 9.98. The molecule has 0 bridgehead atoms. The van der Waals surface area contributed by atoms with Crippen LogP contribution in [0, 0.1) is 6.92 Å². The van der Waals surface area contributed by atoms with E-state index in [0.717, 1.165) is 31.5 Å². The maximum Gasteiger partial charge on any atom is 0.254 e. The molecule has 0 aromatic heterocycles. The summed E-state index contributed by atoms with van der Waals surface area (Å²) in [4.78, 5) is 14.2. The van der Waals surface area contributed by atoms with Crippen molar-refractivity contribution < 1.29 is 4.79 Å². The van der Waals surface area contributed by atoms with Gasteiger partial charge in [0.1, 0.15) is 0 Å². The molecule has 1 fully saturated rings. The highest BCUT2D eigenvalue weighted by Gasteiger charge is 2.31. The van der Waals surface area contributed by atoms with Gasteiger partial charge in [-0.15, -0.1) is 0 Å². The van der Waals surface area contributed by atoms with Crippen LogP contribution in [0.15, 0.2) is 24.3 Å². The summed E-state index contributed by atoms with van der Waals surface area (Å²) in [6, 6.07) is 8.26. The van der Waals surface area contributed by atoms with E-state index in [4.69, 9.17) is 0 Å². The molecule has 92 valence electrons. The number of nitrogens with zero attached hydrogens (tertiary/aromatic N) is 1. The van der Waals surface area contributed by atoms with E-state index in [1.54, 1.807) is 0 Å². The van der Waals surface area contributed by atoms with Crippen molar-refractivity contribution in [3.63, 3.8) is 0 Å². The predicted octanol–water partition coefficient (Wildman–Crippen LogP) is 1.82. The zero-order valence-corrected chi connectivity index (χ0v) is 10.6. The minimum Gasteiger partial charge on any atom is -0.335 e. The van der Waals surface area contributed by atoms with E-state index in [1.807, 2.05) is 43.1 Å². The molecule has 1 aromatic carbocycles. The lowest BCUT2D eigenvalue weighted by Gasteiger charge is -2.41. The van der Waals surface area contributed by atoms with Crippen molar-refractivity contribution in [3.8, 4) is 0 Å². The predicted molar refractivity (Wildman–Crippen MR) is 69.2 cm³/mol. The second-order valence-electron chi connectivity index (χ2n) is 4.70. The average molecular weight is 232 g/mol. The molecule has 1 atom stereocenters. The van der Waals surface area contributed by atoms with Gasteiger partial charge in [-0.25, -0.2) is 0 Å². The van der Waals surface area contributed by atoms with Crippen molar-refractivity contribution in [2.75, 3.05) is 20.1 Å². The Kier molecular flexibility index (Phi) is 3.79. The summed E-state index contributed by atoms with van der Waals surface area (Å²) in [5.74, 6) is 0.178. The van der Waals surface area contributed by atoms with Crippen molar-refractivity contribution in [2.45, 2.75) is 25.8 Å². The van der Waals surface area contributed by atoms with E-state index >= 15 is 0 Å². The van der Waals surface area contributed by atoms with Gasteiger partial charge in [0.05, 0.1) is 0 Å². The Bertz CT molecular complexity index is 386. The van der Waals surface area contributed by atoms with Crippen LogP contribution in [0.1, 0.15) is 28.8 Å². The Morgan fingerprint density at radius 1 is 1.41 bits per heavy atom. The van der Waals surface area contributed by atoms with Crippen LogP contribution in [0.25, 0.3) is 0 Å². The molecule has 1 heterocycles. The third kappa shape index (κ3) is 2.67. The summed E-state index contributed by atoms with van der Waals surface area (Å²) >= 11 is 0. The van der Waals surface area contributed by atoms with Gasteiger partial charge in [0.25, 0.3) is 5.91 Å². The van der Waals surface area contributed by atoms with E-state index in [0.29, 0.717) is 6.04 Å². The van der Waals surface area contributed by atoms with Crippen LogP contribution in [0.2, 0.25) is 0 Å². The highest BCUT2D eigenvalue weighted by atomic mass is 16.2. The minimum absolute atomic E-state index is 0.178. The number of hydrogen-bond donors (Lipinski definition) is 1. The average Bonchev–Trinajstić information content (AvgIpc) is 2.29. The van der Waals surface area contributed by atoms with Gasteiger partial charge < -0.3 is 10.2 Å². The van der Waals surface area contributed by atoms with E-state index in [9.17, 15) is 4.79 Å². The van der Waals surface area contributed by atoms with E-state index in [-0.39, 0.29) is 5.91 Å². The Labute approximate surface area is 103 Å². The number of nitrogens with one attached hydrogen (secondary N) is 1. The molecule has 3 heteroatoms. The second kappa shape index (κ2) is 5.32. The van der Waals surface area contributed by atoms with Gasteiger partial charge in [-0.1, -0.05) is 17.7 Å². The van der Waals surface area contributed by atoms with Crippen molar-refractivity contribution in [2.24, 2.45) is 0 Å². The number of carbonyl (C=O) groups excluding carboxylic acids is 1. The van der Waals surface area contributed by atoms with Crippen LogP contribution in [0.3, 0.4) is 0 Å². The Morgan fingerprint density at radius 2 is 2.12 bits per heavy atom. The molecule has 3 nitrogen and oxygen atoms in total. The molecule has 1 saturated heterocycles.